The van der Waals surface area contributed by atoms with Crippen LogP contribution in [0.3, 0.4) is 0 Å². The number of carbonyl (C=O) groups is 1. The van der Waals surface area contributed by atoms with Crippen molar-refractivity contribution in [3.05, 3.63) is 18.8 Å². The second-order valence-electron chi connectivity index (χ2n) is 1.48. The monoisotopic (exact) mass is 129 g/mol. The topological polar surface area (TPSA) is 46.5 Å². The van der Waals surface area contributed by atoms with Crippen molar-refractivity contribution in [1.82, 2.24) is 0 Å². The molecule has 51 valence electrons. The van der Waals surface area contributed by atoms with E-state index in [0.29, 0.717) is 0 Å². The number of hydrogen-bond donors (Lipinski definition) is 1. The number of carboxylic acid groups (broad SMARTS) is 1. The summed E-state index contributed by atoms with van der Waals surface area (Å²) in [5.41, 5.74) is 0.179. The fraction of sp³-hybridized carbons (Fsp3) is 0.333. The molecular weight excluding hydrogens is 120 g/mol. The lowest BCUT2D eigenvalue weighted by Gasteiger charge is -1.93. The Morgan fingerprint density at radius 2 is 2.44 bits per heavy atom. The molecule has 0 unspecified atom stereocenters. The zero-order chi connectivity index (χ0) is 7.28. The minimum Gasteiger partial charge on any atom is -0.501 e. The van der Waals surface area contributed by atoms with E-state index in [2.05, 4.69) is 11.7 Å². The predicted octanol–water partition coefficient (Wildman–Crippen LogP) is 0.825. The van der Waals surface area contributed by atoms with Crippen LogP contribution in [0.25, 0.3) is 0 Å². The van der Waals surface area contributed by atoms with Crippen LogP contribution in [0.2, 0.25) is 0 Å². The molecule has 0 amide bonds. The van der Waals surface area contributed by atoms with Crippen molar-refractivity contribution >= 4 is 5.97 Å². The Bertz CT molecular complexity index is 126. The van der Waals surface area contributed by atoms with Crippen molar-refractivity contribution in [2.45, 2.75) is 6.92 Å². The average Bonchev–Trinajstić information content (AvgIpc) is 1.82. The Hall–Kier alpha value is -0.990. The van der Waals surface area contributed by atoms with Crippen molar-refractivity contribution in [2.24, 2.45) is 0 Å². The Morgan fingerprint density at radius 1 is 1.89 bits per heavy atom. The van der Waals surface area contributed by atoms with Gasteiger partial charge in [-0.25, -0.2) is 4.79 Å². The molecule has 0 atom stereocenters. The first-order valence-corrected chi connectivity index (χ1v) is 2.49. The minimum absolute atomic E-state index is 0.179. The summed E-state index contributed by atoms with van der Waals surface area (Å²) >= 11 is 0. The molecule has 0 heterocycles. The van der Waals surface area contributed by atoms with E-state index in [-0.39, 0.29) is 12.2 Å². The second kappa shape index (κ2) is 3.95. The summed E-state index contributed by atoms with van der Waals surface area (Å²) < 4.78 is 4.60. The van der Waals surface area contributed by atoms with E-state index in [0.717, 1.165) is 0 Å². The number of aliphatic carboxylic acids is 1. The first-order valence-electron chi connectivity index (χ1n) is 2.49. The second-order valence-corrected chi connectivity index (χ2v) is 1.48. The quantitative estimate of drug-likeness (QED) is 0.453. The molecule has 1 radical (unpaired) electrons. The van der Waals surface area contributed by atoms with Gasteiger partial charge in [-0.3, -0.25) is 0 Å². The predicted molar refractivity (Wildman–Crippen MR) is 32.7 cm³/mol. The molecule has 0 aliphatic rings. The van der Waals surface area contributed by atoms with Crippen LogP contribution < -0.4 is 0 Å². The Labute approximate surface area is 53.9 Å². The third-order valence-electron chi connectivity index (χ3n) is 0.715. The molecule has 0 saturated heterocycles. The molecule has 0 aromatic heterocycles. The maximum absolute atomic E-state index is 10.0. The largest absolute Gasteiger partial charge is 0.501 e. The molecule has 0 aliphatic heterocycles. The lowest BCUT2D eigenvalue weighted by atomic mass is 10.3. The highest BCUT2D eigenvalue weighted by molar-refractivity contribution is 5.85. The molecule has 3 heteroatoms. The smallest absolute Gasteiger partial charge is 0.334 e. The van der Waals surface area contributed by atoms with Gasteiger partial charge in [0.25, 0.3) is 0 Å². The van der Waals surface area contributed by atoms with Crippen molar-refractivity contribution in [1.29, 1.82) is 0 Å². The zero-order valence-electron chi connectivity index (χ0n) is 5.26. The molecule has 0 saturated carbocycles. The van der Waals surface area contributed by atoms with Crippen LogP contribution in [0.15, 0.2) is 11.8 Å². The van der Waals surface area contributed by atoms with Crippen molar-refractivity contribution in [2.75, 3.05) is 6.61 Å². The van der Waals surface area contributed by atoms with Gasteiger partial charge < -0.3 is 9.84 Å². The maximum atomic E-state index is 10.0. The van der Waals surface area contributed by atoms with Crippen LogP contribution >= 0.6 is 0 Å². The summed E-state index contributed by atoms with van der Waals surface area (Å²) in [5, 5.41) is 8.24. The average molecular weight is 129 g/mol. The van der Waals surface area contributed by atoms with Crippen molar-refractivity contribution < 1.29 is 14.6 Å². The number of hydrogen-bond acceptors (Lipinski definition) is 2. The van der Waals surface area contributed by atoms with Crippen LogP contribution in [-0.2, 0) is 9.53 Å². The van der Waals surface area contributed by atoms with Crippen LogP contribution in [0.1, 0.15) is 6.92 Å². The summed E-state index contributed by atoms with van der Waals surface area (Å²) in [6.45, 7) is 5.07. The molecular formula is C6H9O3. The van der Waals surface area contributed by atoms with Gasteiger partial charge in [-0.1, -0.05) is 0 Å². The Kier molecular flexibility index (Phi) is 3.51. The van der Waals surface area contributed by atoms with Crippen molar-refractivity contribution in [3.8, 4) is 0 Å². The number of rotatable bonds is 3. The van der Waals surface area contributed by atoms with Gasteiger partial charge in [0, 0.05) is 0 Å². The number of carboxylic acids is 1. The van der Waals surface area contributed by atoms with Gasteiger partial charge in [0.2, 0.25) is 0 Å². The summed E-state index contributed by atoms with van der Waals surface area (Å²) in [6.07, 6.45) is 1.18. The lowest BCUT2D eigenvalue weighted by Crippen LogP contribution is -1.96. The molecule has 0 aromatic carbocycles. The number of ether oxygens (including phenoxy) is 1. The van der Waals surface area contributed by atoms with E-state index >= 15 is 0 Å². The summed E-state index contributed by atoms with van der Waals surface area (Å²) in [6, 6.07) is 0. The highest BCUT2D eigenvalue weighted by Gasteiger charge is 1.97. The molecule has 0 bridgehead atoms. The lowest BCUT2D eigenvalue weighted by molar-refractivity contribution is -0.132. The molecule has 9 heavy (non-hydrogen) atoms. The fourth-order valence-corrected chi connectivity index (χ4v) is 0.234. The standard InChI is InChI=1S/C6H9O3/c1-3-9-4-5(2)6(7)8/h4H,1,3H2,2H3,(H,7,8). The molecule has 3 nitrogen and oxygen atoms in total. The molecule has 0 aliphatic carbocycles. The fourth-order valence-electron chi connectivity index (χ4n) is 0.234. The molecule has 0 aromatic rings. The molecule has 0 rings (SSSR count). The van der Waals surface area contributed by atoms with Gasteiger partial charge >= 0.3 is 5.97 Å². The molecule has 0 spiro atoms. The first kappa shape index (κ1) is 8.01. The van der Waals surface area contributed by atoms with Gasteiger partial charge in [0.05, 0.1) is 18.4 Å². The van der Waals surface area contributed by atoms with Gasteiger partial charge in [0.1, 0.15) is 0 Å². The van der Waals surface area contributed by atoms with Gasteiger partial charge in [-0.15, -0.1) is 0 Å². The maximum Gasteiger partial charge on any atom is 0.334 e. The van der Waals surface area contributed by atoms with Crippen LogP contribution in [0, 0.1) is 6.92 Å². The van der Waals surface area contributed by atoms with Gasteiger partial charge in [-0.05, 0) is 13.8 Å². The normalized spacial score (nSPS) is 11.1. The van der Waals surface area contributed by atoms with Crippen LogP contribution in [-0.4, -0.2) is 17.7 Å². The summed E-state index contributed by atoms with van der Waals surface area (Å²) in [7, 11) is 0. The highest BCUT2D eigenvalue weighted by atomic mass is 16.5. The van der Waals surface area contributed by atoms with Crippen LogP contribution in [0.5, 0.6) is 0 Å². The van der Waals surface area contributed by atoms with E-state index in [4.69, 9.17) is 5.11 Å². The zero-order valence-corrected chi connectivity index (χ0v) is 5.26. The molecule has 1 N–H and O–H groups in total. The first-order chi connectivity index (χ1) is 4.18. The Balaban J connectivity index is 3.69. The van der Waals surface area contributed by atoms with Gasteiger partial charge in [0.15, 0.2) is 0 Å². The third-order valence-corrected chi connectivity index (χ3v) is 0.715. The van der Waals surface area contributed by atoms with Gasteiger partial charge in [-0.2, -0.15) is 0 Å². The van der Waals surface area contributed by atoms with E-state index in [1.807, 2.05) is 0 Å². The summed E-state index contributed by atoms with van der Waals surface area (Å²) in [4.78, 5) is 10.0. The van der Waals surface area contributed by atoms with E-state index in [1.165, 1.54) is 13.2 Å². The van der Waals surface area contributed by atoms with E-state index < -0.39 is 5.97 Å². The van der Waals surface area contributed by atoms with Crippen LogP contribution in [0.4, 0.5) is 0 Å². The Morgan fingerprint density at radius 3 is 2.78 bits per heavy atom. The minimum atomic E-state index is -0.969. The molecule has 0 fully saturated rings. The SMILES string of the molecule is [CH2]COC=C(C)C(=O)O. The van der Waals surface area contributed by atoms with E-state index in [1.54, 1.807) is 0 Å². The summed E-state index contributed by atoms with van der Waals surface area (Å²) in [5.74, 6) is -0.969. The van der Waals surface area contributed by atoms with E-state index in [9.17, 15) is 4.79 Å². The highest BCUT2D eigenvalue weighted by Crippen LogP contribution is 1.91. The van der Waals surface area contributed by atoms with Crippen molar-refractivity contribution in [3.63, 3.8) is 0 Å². The third kappa shape index (κ3) is 3.58.